The van der Waals surface area contributed by atoms with E-state index in [9.17, 15) is 4.79 Å². The highest BCUT2D eigenvalue weighted by molar-refractivity contribution is 5.99. The van der Waals surface area contributed by atoms with E-state index in [0.717, 1.165) is 29.2 Å². The third-order valence-electron chi connectivity index (χ3n) is 4.51. The number of hydrogen-bond acceptors (Lipinski definition) is 3. The third kappa shape index (κ3) is 3.09. The van der Waals surface area contributed by atoms with Crippen LogP contribution in [0, 0.1) is 0 Å². The van der Waals surface area contributed by atoms with Crippen LogP contribution in [0.15, 0.2) is 48.5 Å². The largest absolute Gasteiger partial charge is 0.496 e. The average Bonchev–Trinajstić information content (AvgIpc) is 2.61. The summed E-state index contributed by atoms with van der Waals surface area (Å²) in [7, 11) is 1.64. The van der Waals surface area contributed by atoms with Crippen molar-refractivity contribution in [1.29, 1.82) is 0 Å². The van der Waals surface area contributed by atoms with Crippen LogP contribution < -0.4 is 14.5 Å². The summed E-state index contributed by atoms with van der Waals surface area (Å²) in [6.07, 6.45) is 0.347. The van der Waals surface area contributed by atoms with Gasteiger partial charge in [-0.2, -0.15) is 0 Å². The molecule has 0 saturated carbocycles. The van der Waals surface area contributed by atoms with Crippen molar-refractivity contribution in [3.8, 4) is 5.75 Å². The molecule has 1 heterocycles. The van der Waals surface area contributed by atoms with Crippen molar-refractivity contribution >= 4 is 17.3 Å². The summed E-state index contributed by atoms with van der Waals surface area (Å²) in [5.74, 6) is 0.871. The van der Waals surface area contributed by atoms with E-state index in [0.29, 0.717) is 19.0 Å². The van der Waals surface area contributed by atoms with Crippen LogP contribution in [-0.2, 0) is 11.2 Å². The second-order valence-electron chi connectivity index (χ2n) is 6.31. The Kier molecular flexibility index (Phi) is 4.74. The highest BCUT2D eigenvalue weighted by Crippen LogP contribution is 2.34. The van der Waals surface area contributed by atoms with E-state index in [1.165, 1.54) is 0 Å². The predicted molar refractivity (Wildman–Crippen MR) is 98.0 cm³/mol. The summed E-state index contributed by atoms with van der Waals surface area (Å²) in [5.41, 5.74) is 3.05. The van der Waals surface area contributed by atoms with Gasteiger partial charge in [-0.25, -0.2) is 0 Å². The van der Waals surface area contributed by atoms with Crippen molar-refractivity contribution in [2.24, 2.45) is 0 Å². The lowest BCUT2D eigenvalue weighted by Crippen LogP contribution is -2.47. The molecule has 0 aliphatic carbocycles. The molecule has 0 aromatic heterocycles. The van der Waals surface area contributed by atoms with E-state index < -0.39 is 0 Å². The number of fused-ring (bicyclic) bond motifs is 1. The number of rotatable bonds is 4. The number of carbonyl (C=O) groups is 1. The predicted octanol–water partition coefficient (Wildman–Crippen LogP) is 3.50. The number of ether oxygens (including phenoxy) is 1. The van der Waals surface area contributed by atoms with E-state index in [1.807, 2.05) is 47.4 Å². The molecule has 1 aliphatic heterocycles. The van der Waals surface area contributed by atoms with Crippen molar-refractivity contribution in [3.05, 3.63) is 54.1 Å². The van der Waals surface area contributed by atoms with Gasteiger partial charge in [0, 0.05) is 24.7 Å². The van der Waals surface area contributed by atoms with Gasteiger partial charge in [0.05, 0.1) is 24.9 Å². The Morgan fingerprint density at radius 3 is 2.42 bits per heavy atom. The number of para-hydroxylation sites is 3. The zero-order chi connectivity index (χ0) is 17.1. The Balaban J connectivity index is 1.87. The second kappa shape index (κ2) is 6.95. The molecular formula is C20H24N2O2. The molecule has 0 spiro atoms. The molecule has 1 amide bonds. The summed E-state index contributed by atoms with van der Waals surface area (Å²) >= 11 is 0. The van der Waals surface area contributed by atoms with Gasteiger partial charge < -0.3 is 14.5 Å². The van der Waals surface area contributed by atoms with Crippen LogP contribution >= 0.6 is 0 Å². The van der Waals surface area contributed by atoms with Gasteiger partial charge in [-0.3, -0.25) is 4.79 Å². The zero-order valence-electron chi connectivity index (χ0n) is 14.5. The number of anilines is 2. The second-order valence-corrected chi connectivity index (χ2v) is 6.31. The summed E-state index contributed by atoms with van der Waals surface area (Å²) in [6, 6.07) is 16.3. The average molecular weight is 324 g/mol. The van der Waals surface area contributed by atoms with Gasteiger partial charge in [0.1, 0.15) is 5.75 Å². The Hall–Kier alpha value is -2.49. The summed E-state index contributed by atoms with van der Waals surface area (Å²) in [5, 5.41) is 0. The molecule has 0 fully saturated rings. The van der Waals surface area contributed by atoms with Crippen LogP contribution in [0.25, 0.3) is 0 Å². The minimum atomic E-state index is 0.107. The molecular weight excluding hydrogens is 300 g/mol. The fourth-order valence-electron chi connectivity index (χ4n) is 3.29. The van der Waals surface area contributed by atoms with Crippen molar-refractivity contribution < 1.29 is 9.53 Å². The fraction of sp³-hybridized carbons (Fsp3) is 0.350. The third-order valence-corrected chi connectivity index (χ3v) is 4.51. The van der Waals surface area contributed by atoms with Gasteiger partial charge in [-0.1, -0.05) is 30.3 Å². The fourth-order valence-corrected chi connectivity index (χ4v) is 3.29. The van der Waals surface area contributed by atoms with E-state index >= 15 is 0 Å². The molecule has 4 heteroatoms. The van der Waals surface area contributed by atoms with Crippen molar-refractivity contribution in [3.63, 3.8) is 0 Å². The van der Waals surface area contributed by atoms with Crippen molar-refractivity contribution in [1.82, 2.24) is 0 Å². The maximum atomic E-state index is 12.9. The van der Waals surface area contributed by atoms with E-state index in [1.54, 1.807) is 7.11 Å². The lowest BCUT2D eigenvalue weighted by Gasteiger charge is -2.40. The molecule has 0 atom stereocenters. The quantitative estimate of drug-likeness (QED) is 0.863. The van der Waals surface area contributed by atoms with Gasteiger partial charge in [0.25, 0.3) is 0 Å². The first-order valence-corrected chi connectivity index (χ1v) is 8.39. The topological polar surface area (TPSA) is 32.8 Å². The maximum absolute atomic E-state index is 12.9. The molecule has 0 bridgehead atoms. The number of carbonyl (C=O) groups excluding carboxylic acids is 1. The molecule has 0 unspecified atom stereocenters. The normalized spacial score (nSPS) is 13.8. The molecule has 0 N–H and O–H groups in total. The van der Waals surface area contributed by atoms with Gasteiger partial charge in [0.15, 0.2) is 0 Å². The van der Waals surface area contributed by atoms with E-state index in [4.69, 9.17) is 4.74 Å². The Bertz CT molecular complexity index is 727. The first kappa shape index (κ1) is 16.4. The highest BCUT2D eigenvalue weighted by atomic mass is 16.5. The molecule has 0 saturated heterocycles. The first-order valence-electron chi connectivity index (χ1n) is 8.39. The summed E-state index contributed by atoms with van der Waals surface area (Å²) in [4.78, 5) is 17.2. The molecule has 24 heavy (non-hydrogen) atoms. The standard InChI is InChI=1S/C20H24N2O2/c1-15(2)21-12-13-22(18-10-6-5-9-17(18)21)20(23)14-16-8-4-7-11-19(16)24-3/h4-11,15H,12-14H2,1-3H3. The number of hydrogen-bond donors (Lipinski definition) is 0. The smallest absolute Gasteiger partial charge is 0.231 e. The molecule has 2 aromatic rings. The van der Waals surface area contributed by atoms with Crippen LogP contribution in [-0.4, -0.2) is 32.1 Å². The van der Waals surface area contributed by atoms with E-state index in [2.05, 4.69) is 24.8 Å². The number of nitrogens with zero attached hydrogens (tertiary/aromatic N) is 2. The summed E-state index contributed by atoms with van der Waals surface area (Å²) < 4.78 is 5.37. The molecule has 1 aliphatic rings. The van der Waals surface area contributed by atoms with Gasteiger partial charge in [0.2, 0.25) is 5.91 Å². The minimum Gasteiger partial charge on any atom is -0.496 e. The SMILES string of the molecule is COc1ccccc1CC(=O)N1CCN(C(C)C)c2ccccc21. The maximum Gasteiger partial charge on any atom is 0.231 e. The molecule has 2 aromatic carbocycles. The lowest BCUT2D eigenvalue weighted by molar-refractivity contribution is -0.118. The van der Waals surface area contributed by atoms with Crippen molar-refractivity contribution in [2.75, 3.05) is 30.0 Å². The lowest BCUT2D eigenvalue weighted by atomic mass is 10.1. The monoisotopic (exact) mass is 324 g/mol. The van der Waals surface area contributed by atoms with Crippen LogP contribution in [0.2, 0.25) is 0 Å². The van der Waals surface area contributed by atoms with E-state index in [-0.39, 0.29) is 5.91 Å². The Labute approximate surface area is 143 Å². The number of benzene rings is 2. The zero-order valence-corrected chi connectivity index (χ0v) is 14.5. The van der Waals surface area contributed by atoms with Crippen LogP contribution in [0.5, 0.6) is 5.75 Å². The molecule has 126 valence electrons. The molecule has 4 nitrogen and oxygen atoms in total. The number of methoxy groups -OCH3 is 1. The highest BCUT2D eigenvalue weighted by Gasteiger charge is 2.27. The molecule has 3 rings (SSSR count). The first-order chi connectivity index (χ1) is 11.6. The molecule has 0 radical (unpaired) electrons. The minimum absolute atomic E-state index is 0.107. The Morgan fingerprint density at radius 1 is 1.04 bits per heavy atom. The van der Waals surface area contributed by atoms with Gasteiger partial charge >= 0.3 is 0 Å². The van der Waals surface area contributed by atoms with Gasteiger partial charge in [-0.05, 0) is 32.0 Å². The van der Waals surface area contributed by atoms with Crippen molar-refractivity contribution in [2.45, 2.75) is 26.3 Å². The van der Waals surface area contributed by atoms with Gasteiger partial charge in [-0.15, -0.1) is 0 Å². The Morgan fingerprint density at radius 2 is 1.71 bits per heavy atom. The van der Waals surface area contributed by atoms with Crippen LogP contribution in [0.3, 0.4) is 0 Å². The van der Waals surface area contributed by atoms with Crippen LogP contribution in [0.4, 0.5) is 11.4 Å². The summed E-state index contributed by atoms with van der Waals surface area (Å²) in [6.45, 7) is 5.93. The number of amides is 1. The van der Waals surface area contributed by atoms with Crippen LogP contribution in [0.1, 0.15) is 19.4 Å².